The molecule has 0 fully saturated rings. The van der Waals surface area contributed by atoms with Crippen LogP contribution in [0.4, 0.5) is 5.69 Å². The van der Waals surface area contributed by atoms with Crippen molar-refractivity contribution in [1.29, 1.82) is 5.26 Å². The largest absolute Gasteiger partial charge is 0.465 e. The van der Waals surface area contributed by atoms with Crippen molar-refractivity contribution < 1.29 is 19.2 Å². The van der Waals surface area contributed by atoms with Crippen LogP contribution in [-0.4, -0.2) is 29.2 Å². The highest BCUT2D eigenvalue weighted by atomic mass is 32.2. The Morgan fingerprint density at radius 1 is 1.44 bits per heavy atom. The summed E-state index contributed by atoms with van der Waals surface area (Å²) in [6.07, 6.45) is 1.75. The number of carbonyl (C=O) groups excluding carboxylic acids is 2. The molecular weight excluding hydrogens is 370 g/mol. The van der Waals surface area contributed by atoms with Crippen LogP contribution in [0, 0.1) is 21.4 Å². The number of hydrogen-bond acceptors (Lipinski definition) is 7. The van der Waals surface area contributed by atoms with E-state index in [2.05, 4.69) is 11.4 Å². The Morgan fingerprint density at radius 3 is 2.74 bits per heavy atom. The minimum atomic E-state index is -0.511. The number of nitrogens with one attached hydrogen (secondary N) is 1. The summed E-state index contributed by atoms with van der Waals surface area (Å²) in [5.41, 5.74) is 0.899. The van der Waals surface area contributed by atoms with Gasteiger partial charge in [-0.3, -0.25) is 19.7 Å². The first-order valence-corrected chi connectivity index (χ1v) is 9.41. The van der Waals surface area contributed by atoms with Crippen molar-refractivity contribution in [3.05, 3.63) is 50.5 Å². The molecule has 9 heteroatoms. The van der Waals surface area contributed by atoms with Crippen LogP contribution >= 0.6 is 11.8 Å². The number of hydrogen-bond donors (Lipinski definition) is 1. The molecule has 0 saturated carbocycles. The molecule has 142 valence electrons. The molecule has 1 unspecified atom stereocenters. The van der Waals surface area contributed by atoms with E-state index in [0.717, 1.165) is 24.6 Å². The molecule has 2 rings (SSSR count). The van der Waals surface area contributed by atoms with E-state index in [0.29, 0.717) is 22.8 Å². The van der Waals surface area contributed by atoms with Gasteiger partial charge in [0.2, 0.25) is 5.91 Å². The molecule has 1 aromatic rings. The number of nitriles is 1. The molecule has 1 aromatic carbocycles. The van der Waals surface area contributed by atoms with Gasteiger partial charge in [-0.2, -0.15) is 5.26 Å². The molecule has 1 N–H and O–H groups in total. The molecule has 0 aliphatic carbocycles. The van der Waals surface area contributed by atoms with Crippen LogP contribution in [-0.2, 0) is 14.3 Å². The number of benzene rings is 1. The highest BCUT2D eigenvalue weighted by Crippen LogP contribution is 2.36. The molecule has 1 aliphatic rings. The fourth-order valence-corrected chi connectivity index (χ4v) is 3.42. The van der Waals surface area contributed by atoms with E-state index in [1.165, 1.54) is 12.1 Å². The Labute approximate surface area is 160 Å². The van der Waals surface area contributed by atoms with E-state index in [1.54, 1.807) is 12.1 Å². The van der Waals surface area contributed by atoms with Crippen molar-refractivity contribution in [3.63, 3.8) is 0 Å². The molecule has 1 aliphatic heterocycles. The first kappa shape index (κ1) is 20.5. The van der Waals surface area contributed by atoms with Crippen LogP contribution in [0.2, 0.25) is 0 Å². The molecule has 0 spiro atoms. The maximum absolute atomic E-state index is 12.1. The summed E-state index contributed by atoms with van der Waals surface area (Å²) in [5, 5.41) is 23.3. The molecule has 8 nitrogen and oxygen atoms in total. The minimum absolute atomic E-state index is 0.0164. The van der Waals surface area contributed by atoms with Gasteiger partial charge in [0.25, 0.3) is 5.69 Å². The van der Waals surface area contributed by atoms with Crippen molar-refractivity contribution in [2.75, 3.05) is 12.4 Å². The summed E-state index contributed by atoms with van der Waals surface area (Å²) < 4.78 is 5.07. The number of thioether (sulfide) groups is 1. The highest BCUT2D eigenvalue weighted by molar-refractivity contribution is 8.03. The number of unbranched alkanes of at least 4 members (excludes halogenated alkanes) is 1. The number of carbonyl (C=O) groups is 2. The summed E-state index contributed by atoms with van der Waals surface area (Å²) in [4.78, 5) is 34.1. The fraction of sp³-hybridized carbons (Fsp3) is 0.389. The van der Waals surface area contributed by atoms with Gasteiger partial charge in [0.15, 0.2) is 0 Å². The van der Waals surface area contributed by atoms with Gasteiger partial charge in [-0.05, 0) is 12.0 Å². The third-order valence-corrected chi connectivity index (χ3v) is 4.95. The molecule has 27 heavy (non-hydrogen) atoms. The Balaban J connectivity index is 2.16. The molecule has 0 saturated heterocycles. The Bertz CT molecular complexity index is 798. The molecule has 1 atom stereocenters. The van der Waals surface area contributed by atoms with Crippen LogP contribution < -0.4 is 5.32 Å². The van der Waals surface area contributed by atoms with Gasteiger partial charge in [-0.1, -0.05) is 37.2 Å². The summed E-state index contributed by atoms with van der Waals surface area (Å²) >= 11 is 1.05. The van der Waals surface area contributed by atoms with Crippen molar-refractivity contribution in [3.8, 4) is 6.07 Å². The highest BCUT2D eigenvalue weighted by Gasteiger charge is 2.30. The van der Waals surface area contributed by atoms with Crippen LogP contribution in [0.15, 0.2) is 34.9 Å². The fourth-order valence-electron chi connectivity index (χ4n) is 2.55. The number of nitro benzene ring substituents is 1. The van der Waals surface area contributed by atoms with Crippen LogP contribution in [0.5, 0.6) is 0 Å². The number of esters is 1. The lowest BCUT2D eigenvalue weighted by molar-refractivity contribution is -0.384. The zero-order valence-electron chi connectivity index (χ0n) is 14.8. The average Bonchev–Trinajstić information content (AvgIpc) is 2.66. The van der Waals surface area contributed by atoms with Crippen molar-refractivity contribution in [1.82, 2.24) is 5.32 Å². The summed E-state index contributed by atoms with van der Waals surface area (Å²) in [6, 6.07) is 7.86. The lowest BCUT2D eigenvalue weighted by Crippen LogP contribution is -2.31. The van der Waals surface area contributed by atoms with Crippen molar-refractivity contribution in [2.24, 2.45) is 0 Å². The Kier molecular flexibility index (Phi) is 7.37. The molecule has 0 radical (unpaired) electrons. The predicted octanol–water partition coefficient (Wildman–Crippen LogP) is 3.01. The zero-order valence-corrected chi connectivity index (χ0v) is 15.6. The number of ether oxygens (including phenoxy) is 1. The molecule has 0 aromatic heterocycles. The van der Waals surface area contributed by atoms with E-state index in [9.17, 15) is 25.0 Å². The smallest absolute Gasteiger partial charge is 0.316 e. The van der Waals surface area contributed by atoms with Gasteiger partial charge >= 0.3 is 5.97 Å². The lowest BCUT2D eigenvalue weighted by Gasteiger charge is -2.24. The number of nitrogens with zero attached hydrogens (tertiary/aromatic N) is 2. The topological polar surface area (TPSA) is 122 Å². The lowest BCUT2D eigenvalue weighted by atomic mass is 9.87. The predicted molar refractivity (Wildman–Crippen MR) is 99.6 cm³/mol. The van der Waals surface area contributed by atoms with E-state index in [-0.39, 0.29) is 23.8 Å². The van der Waals surface area contributed by atoms with E-state index in [4.69, 9.17) is 4.74 Å². The van der Waals surface area contributed by atoms with Crippen LogP contribution in [0.25, 0.3) is 0 Å². The minimum Gasteiger partial charge on any atom is -0.465 e. The zero-order chi connectivity index (χ0) is 19.8. The van der Waals surface area contributed by atoms with E-state index < -0.39 is 16.8 Å². The summed E-state index contributed by atoms with van der Waals surface area (Å²) in [6.45, 7) is 2.33. The number of amides is 1. The number of rotatable bonds is 8. The number of non-ortho nitro benzene ring substituents is 1. The molecule has 0 bridgehead atoms. The second-order valence-corrected chi connectivity index (χ2v) is 6.86. The quantitative estimate of drug-likeness (QED) is 0.314. The van der Waals surface area contributed by atoms with Gasteiger partial charge < -0.3 is 10.1 Å². The number of allylic oxidation sites excluding steroid dienone is 1. The Hall–Kier alpha value is -2.86. The number of nitro groups is 1. The van der Waals surface area contributed by atoms with E-state index in [1.807, 2.05) is 6.92 Å². The molecule has 1 heterocycles. The SMILES string of the molecule is CCCCOC(=O)CSC1=C(C#N)C(c2ccc([N+](=O)[O-])cc2)CC(=O)N1. The standard InChI is InChI=1S/C18H19N3O5S/c1-2-3-8-26-17(23)11-27-18-15(10-19)14(9-16(22)20-18)12-4-6-13(7-5-12)21(24)25/h4-7,14H,2-3,8-9,11H2,1H3,(H,20,22). The van der Waals surface area contributed by atoms with Crippen LogP contribution in [0.1, 0.15) is 37.7 Å². The third-order valence-electron chi connectivity index (χ3n) is 3.96. The monoisotopic (exact) mass is 389 g/mol. The van der Waals surface area contributed by atoms with Gasteiger partial charge in [0.05, 0.1) is 34.0 Å². The van der Waals surface area contributed by atoms with Crippen LogP contribution in [0.3, 0.4) is 0 Å². The van der Waals surface area contributed by atoms with Crippen molar-refractivity contribution in [2.45, 2.75) is 32.1 Å². The first-order chi connectivity index (χ1) is 13.0. The Morgan fingerprint density at radius 2 is 2.15 bits per heavy atom. The van der Waals surface area contributed by atoms with Gasteiger partial charge in [0, 0.05) is 24.5 Å². The van der Waals surface area contributed by atoms with Gasteiger partial charge in [-0.25, -0.2) is 0 Å². The third kappa shape index (κ3) is 5.56. The van der Waals surface area contributed by atoms with E-state index >= 15 is 0 Å². The maximum atomic E-state index is 12.1. The normalized spacial score (nSPS) is 16.4. The average molecular weight is 389 g/mol. The van der Waals surface area contributed by atoms with Crippen molar-refractivity contribution >= 4 is 29.3 Å². The summed E-state index contributed by atoms with van der Waals surface area (Å²) in [7, 11) is 0. The van der Waals surface area contributed by atoms with Gasteiger partial charge in [-0.15, -0.1) is 0 Å². The second kappa shape index (κ2) is 9.73. The summed E-state index contributed by atoms with van der Waals surface area (Å²) in [5.74, 6) is -1.22. The second-order valence-electron chi connectivity index (χ2n) is 5.87. The molecular formula is C18H19N3O5S. The first-order valence-electron chi connectivity index (χ1n) is 8.43. The van der Waals surface area contributed by atoms with Gasteiger partial charge in [0.1, 0.15) is 0 Å². The molecule has 1 amide bonds. The maximum Gasteiger partial charge on any atom is 0.316 e.